The summed E-state index contributed by atoms with van der Waals surface area (Å²) < 4.78 is 0. The van der Waals surface area contributed by atoms with Crippen molar-refractivity contribution in [1.82, 2.24) is 5.32 Å². The zero-order valence-corrected chi connectivity index (χ0v) is 11.9. The Kier molecular flexibility index (Phi) is 4.61. The van der Waals surface area contributed by atoms with Crippen molar-refractivity contribution in [1.29, 1.82) is 0 Å². The molecule has 0 bridgehead atoms. The number of carbonyl (C=O) groups is 1. The Bertz CT molecular complexity index is 477. The van der Waals surface area contributed by atoms with Crippen LogP contribution >= 0.6 is 23.8 Å². The largest absolute Gasteiger partial charge is 0.393 e. The summed E-state index contributed by atoms with van der Waals surface area (Å²) in [6.45, 7) is 0. The van der Waals surface area contributed by atoms with E-state index in [1.54, 1.807) is 24.3 Å². The number of nitrogens with one attached hydrogen (secondary N) is 2. The van der Waals surface area contributed by atoms with Crippen LogP contribution in [-0.2, 0) is 0 Å². The summed E-state index contributed by atoms with van der Waals surface area (Å²) in [5.41, 5.74) is 6.38. The Balaban J connectivity index is 1.90. The van der Waals surface area contributed by atoms with Crippen LogP contribution in [0.2, 0.25) is 5.02 Å². The molecule has 1 fully saturated rings. The van der Waals surface area contributed by atoms with Crippen LogP contribution in [0.1, 0.15) is 19.3 Å². The molecule has 19 heavy (non-hydrogen) atoms. The van der Waals surface area contributed by atoms with E-state index in [1.807, 2.05) is 0 Å². The first kappa shape index (κ1) is 14.1. The standard InChI is InChI=1S/C13H16ClN3OS/c14-8-4-6-9(7-5-8)16-13(18)17-11-3-1-2-10(11)12(15)19/h4-7,10-11H,1-3H2,(H2,15,19)(H2,16,17,18). The molecule has 6 heteroatoms. The van der Waals surface area contributed by atoms with Crippen LogP contribution in [0.15, 0.2) is 24.3 Å². The first-order valence-electron chi connectivity index (χ1n) is 6.18. The van der Waals surface area contributed by atoms with E-state index in [1.165, 1.54) is 0 Å². The molecule has 2 rings (SSSR count). The predicted molar refractivity (Wildman–Crippen MR) is 81.5 cm³/mol. The number of halogens is 1. The molecule has 0 spiro atoms. The molecule has 0 heterocycles. The number of amides is 2. The van der Waals surface area contributed by atoms with Gasteiger partial charge in [0.1, 0.15) is 0 Å². The van der Waals surface area contributed by atoms with Crippen LogP contribution in [0.25, 0.3) is 0 Å². The average molecular weight is 298 g/mol. The topological polar surface area (TPSA) is 67.1 Å². The van der Waals surface area contributed by atoms with Crippen molar-refractivity contribution < 1.29 is 4.79 Å². The number of nitrogens with two attached hydrogens (primary N) is 1. The Morgan fingerprint density at radius 1 is 1.32 bits per heavy atom. The average Bonchev–Trinajstić information content (AvgIpc) is 2.80. The van der Waals surface area contributed by atoms with Crippen molar-refractivity contribution in [3.63, 3.8) is 0 Å². The van der Waals surface area contributed by atoms with Gasteiger partial charge in [-0.25, -0.2) is 4.79 Å². The summed E-state index contributed by atoms with van der Waals surface area (Å²) in [4.78, 5) is 12.4. The van der Waals surface area contributed by atoms with Gasteiger partial charge in [-0.2, -0.15) is 0 Å². The maximum Gasteiger partial charge on any atom is 0.319 e. The smallest absolute Gasteiger partial charge is 0.319 e. The van der Waals surface area contributed by atoms with E-state index in [4.69, 9.17) is 29.6 Å². The lowest BCUT2D eigenvalue weighted by molar-refractivity contribution is 0.247. The molecule has 1 aromatic rings. The number of hydrogen-bond acceptors (Lipinski definition) is 2. The number of carbonyl (C=O) groups excluding carboxylic acids is 1. The third-order valence-electron chi connectivity index (χ3n) is 3.30. The summed E-state index contributed by atoms with van der Waals surface area (Å²) >= 11 is 10.8. The molecular formula is C13H16ClN3OS. The number of urea groups is 1. The lowest BCUT2D eigenvalue weighted by atomic mass is 10.0. The quantitative estimate of drug-likeness (QED) is 0.752. The molecule has 4 N–H and O–H groups in total. The SMILES string of the molecule is NC(=S)C1CCCC1NC(=O)Nc1ccc(Cl)cc1. The van der Waals surface area contributed by atoms with E-state index in [2.05, 4.69) is 10.6 Å². The second kappa shape index (κ2) is 6.21. The number of thiocarbonyl (C=S) groups is 1. The first-order chi connectivity index (χ1) is 9.06. The highest BCUT2D eigenvalue weighted by Crippen LogP contribution is 2.26. The maximum atomic E-state index is 11.9. The summed E-state index contributed by atoms with van der Waals surface area (Å²) in [7, 11) is 0. The fourth-order valence-corrected chi connectivity index (χ4v) is 2.75. The third kappa shape index (κ3) is 3.81. The van der Waals surface area contributed by atoms with E-state index in [0.717, 1.165) is 19.3 Å². The minimum absolute atomic E-state index is 0.0322. The summed E-state index contributed by atoms with van der Waals surface area (Å²) in [5, 5.41) is 6.32. The third-order valence-corrected chi connectivity index (χ3v) is 3.85. The Labute approximate surface area is 122 Å². The summed E-state index contributed by atoms with van der Waals surface area (Å²) in [5.74, 6) is 0.103. The molecule has 0 saturated heterocycles. The highest BCUT2D eigenvalue weighted by Gasteiger charge is 2.30. The molecule has 2 unspecified atom stereocenters. The molecule has 1 aliphatic carbocycles. The molecule has 4 nitrogen and oxygen atoms in total. The van der Waals surface area contributed by atoms with Gasteiger partial charge in [0, 0.05) is 22.7 Å². The number of rotatable bonds is 3. The number of hydrogen-bond donors (Lipinski definition) is 3. The molecule has 0 aliphatic heterocycles. The van der Waals surface area contributed by atoms with Crippen molar-refractivity contribution >= 4 is 40.5 Å². The van der Waals surface area contributed by atoms with Gasteiger partial charge in [0.25, 0.3) is 0 Å². The molecule has 1 aromatic carbocycles. The van der Waals surface area contributed by atoms with Gasteiger partial charge in [-0.3, -0.25) is 0 Å². The predicted octanol–water partition coefficient (Wildman–Crippen LogP) is 2.92. The summed E-state index contributed by atoms with van der Waals surface area (Å²) in [6, 6.07) is 6.75. The van der Waals surface area contributed by atoms with Gasteiger partial charge in [-0.15, -0.1) is 0 Å². The summed E-state index contributed by atoms with van der Waals surface area (Å²) in [6.07, 6.45) is 2.89. The van der Waals surface area contributed by atoms with Gasteiger partial charge in [0.2, 0.25) is 0 Å². The number of benzene rings is 1. The van der Waals surface area contributed by atoms with Crippen molar-refractivity contribution in [3.8, 4) is 0 Å². The van der Waals surface area contributed by atoms with E-state index < -0.39 is 0 Å². The van der Waals surface area contributed by atoms with Gasteiger partial charge >= 0.3 is 6.03 Å². The minimum Gasteiger partial charge on any atom is -0.393 e. The Morgan fingerprint density at radius 3 is 2.63 bits per heavy atom. The molecule has 2 atom stereocenters. The van der Waals surface area contributed by atoms with E-state index in [9.17, 15) is 4.79 Å². The zero-order chi connectivity index (χ0) is 13.8. The molecule has 2 amide bonds. The second-order valence-corrected chi connectivity index (χ2v) is 5.56. The van der Waals surface area contributed by atoms with Crippen LogP contribution in [0.5, 0.6) is 0 Å². The second-order valence-electron chi connectivity index (χ2n) is 4.65. The first-order valence-corrected chi connectivity index (χ1v) is 6.97. The van der Waals surface area contributed by atoms with E-state index >= 15 is 0 Å². The Morgan fingerprint density at radius 2 is 2.00 bits per heavy atom. The molecule has 0 aromatic heterocycles. The van der Waals surface area contributed by atoms with Gasteiger partial charge < -0.3 is 16.4 Å². The lowest BCUT2D eigenvalue weighted by Crippen LogP contribution is -2.43. The Hall–Kier alpha value is -1.33. The molecule has 1 aliphatic rings. The molecule has 1 saturated carbocycles. The van der Waals surface area contributed by atoms with E-state index in [-0.39, 0.29) is 18.0 Å². The van der Waals surface area contributed by atoms with Crippen LogP contribution in [0.4, 0.5) is 10.5 Å². The van der Waals surface area contributed by atoms with Crippen LogP contribution in [-0.4, -0.2) is 17.1 Å². The van der Waals surface area contributed by atoms with E-state index in [0.29, 0.717) is 15.7 Å². The van der Waals surface area contributed by atoms with Gasteiger partial charge in [0.15, 0.2) is 0 Å². The fourth-order valence-electron chi connectivity index (χ4n) is 2.34. The van der Waals surface area contributed by atoms with Crippen LogP contribution in [0, 0.1) is 5.92 Å². The van der Waals surface area contributed by atoms with Crippen molar-refractivity contribution in [2.75, 3.05) is 5.32 Å². The maximum absolute atomic E-state index is 11.9. The van der Waals surface area contributed by atoms with Crippen LogP contribution < -0.4 is 16.4 Å². The highest BCUT2D eigenvalue weighted by atomic mass is 35.5. The van der Waals surface area contributed by atoms with Crippen molar-refractivity contribution in [2.45, 2.75) is 25.3 Å². The molecular weight excluding hydrogens is 282 g/mol. The highest BCUT2D eigenvalue weighted by molar-refractivity contribution is 7.80. The van der Waals surface area contributed by atoms with Crippen molar-refractivity contribution in [2.24, 2.45) is 11.7 Å². The number of anilines is 1. The monoisotopic (exact) mass is 297 g/mol. The lowest BCUT2D eigenvalue weighted by Gasteiger charge is -2.20. The van der Waals surface area contributed by atoms with Gasteiger partial charge in [-0.1, -0.05) is 30.2 Å². The normalized spacial score (nSPS) is 21.9. The van der Waals surface area contributed by atoms with Gasteiger partial charge in [-0.05, 0) is 37.1 Å². The van der Waals surface area contributed by atoms with Crippen molar-refractivity contribution in [3.05, 3.63) is 29.3 Å². The van der Waals surface area contributed by atoms with Crippen LogP contribution in [0.3, 0.4) is 0 Å². The zero-order valence-electron chi connectivity index (χ0n) is 10.4. The minimum atomic E-state index is -0.240. The van der Waals surface area contributed by atoms with Gasteiger partial charge in [0.05, 0.1) is 4.99 Å². The molecule has 0 radical (unpaired) electrons. The fraction of sp³-hybridized carbons (Fsp3) is 0.385. The molecule has 102 valence electrons.